The van der Waals surface area contributed by atoms with Gasteiger partial charge in [-0.05, 0) is 49.4 Å². The van der Waals surface area contributed by atoms with Crippen molar-refractivity contribution in [2.45, 2.75) is 33.2 Å². The lowest BCUT2D eigenvalue weighted by molar-refractivity contribution is 0.534. The summed E-state index contributed by atoms with van der Waals surface area (Å²) in [5.74, 6) is 0.686. The van der Waals surface area contributed by atoms with Crippen LogP contribution >= 0.6 is 0 Å². The number of aromatic nitrogens is 1. The van der Waals surface area contributed by atoms with Gasteiger partial charge < -0.3 is 9.88 Å². The van der Waals surface area contributed by atoms with E-state index in [1.807, 2.05) is 7.05 Å². The topological polar surface area (TPSA) is 17.0 Å². The van der Waals surface area contributed by atoms with Gasteiger partial charge >= 0.3 is 0 Å². The van der Waals surface area contributed by atoms with Crippen molar-refractivity contribution in [2.24, 2.45) is 5.92 Å². The van der Waals surface area contributed by atoms with Gasteiger partial charge in [-0.3, -0.25) is 0 Å². The van der Waals surface area contributed by atoms with Gasteiger partial charge in [-0.15, -0.1) is 0 Å². The maximum atomic E-state index is 3.22. The molecule has 0 aliphatic carbocycles. The molecule has 0 aliphatic rings. The highest BCUT2D eigenvalue weighted by atomic mass is 15.0. The largest absolute Gasteiger partial charge is 0.347 e. The van der Waals surface area contributed by atoms with Crippen LogP contribution in [0.15, 0.2) is 30.5 Å². The van der Waals surface area contributed by atoms with Crippen LogP contribution in [0.1, 0.15) is 25.8 Å². The highest BCUT2D eigenvalue weighted by Crippen LogP contribution is 2.22. The average Bonchev–Trinajstić information content (AvgIpc) is 2.73. The van der Waals surface area contributed by atoms with E-state index in [1.54, 1.807) is 0 Å². The van der Waals surface area contributed by atoms with Crippen LogP contribution in [0.25, 0.3) is 10.9 Å². The summed E-state index contributed by atoms with van der Waals surface area (Å²) in [5, 5.41) is 4.59. The van der Waals surface area contributed by atoms with Crippen LogP contribution in [-0.4, -0.2) is 18.2 Å². The van der Waals surface area contributed by atoms with E-state index < -0.39 is 0 Å². The van der Waals surface area contributed by atoms with Crippen molar-refractivity contribution in [3.8, 4) is 0 Å². The van der Waals surface area contributed by atoms with Crippen molar-refractivity contribution >= 4 is 10.9 Å². The molecule has 0 saturated carbocycles. The van der Waals surface area contributed by atoms with Crippen LogP contribution in [0.5, 0.6) is 0 Å². The fourth-order valence-corrected chi connectivity index (χ4v) is 2.54. The Morgan fingerprint density at radius 1 is 1.22 bits per heavy atom. The number of para-hydroxylation sites is 1. The Labute approximate surface area is 110 Å². The van der Waals surface area contributed by atoms with E-state index >= 15 is 0 Å². The molecule has 0 amide bonds. The number of hydrogen-bond donors (Lipinski definition) is 1. The lowest BCUT2D eigenvalue weighted by atomic mass is 10.1. The average molecular weight is 244 g/mol. The SMILES string of the molecule is CNCCCc1cccc2ccn(CC(C)C)c12. The molecular formula is C16H24N2. The first-order chi connectivity index (χ1) is 8.72. The monoisotopic (exact) mass is 244 g/mol. The molecule has 1 heterocycles. The summed E-state index contributed by atoms with van der Waals surface area (Å²) in [4.78, 5) is 0. The minimum absolute atomic E-state index is 0.686. The van der Waals surface area contributed by atoms with E-state index in [0.29, 0.717) is 5.92 Å². The van der Waals surface area contributed by atoms with Gasteiger partial charge in [0.1, 0.15) is 0 Å². The minimum Gasteiger partial charge on any atom is -0.347 e. The smallest absolute Gasteiger partial charge is 0.0512 e. The molecule has 0 unspecified atom stereocenters. The molecule has 0 bridgehead atoms. The Morgan fingerprint density at radius 2 is 2.06 bits per heavy atom. The summed E-state index contributed by atoms with van der Waals surface area (Å²) in [6.07, 6.45) is 4.58. The van der Waals surface area contributed by atoms with Gasteiger partial charge in [0.05, 0.1) is 5.52 Å². The normalized spacial score (nSPS) is 11.6. The van der Waals surface area contributed by atoms with E-state index in [4.69, 9.17) is 0 Å². The maximum absolute atomic E-state index is 3.22. The first-order valence-electron chi connectivity index (χ1n) is 6.93. The molecule has 2 heteroatoms. The summed E-state index contributed by atoms with van der Waals surface area (Å²) in [6.45, 7) is 6.73. The Morgan fingerprint density at radius 3 is 2.78 bits per heavy atom. The number of benzene rings is 1. The van der Waals surface area contributed by atoms with Crippen molar-refractivity contribution < 1.29 is 0 Å². The quantitative estimate of drug-likeness (QED) is 0.770. The zero-order valence-corrected chi connectivity index (χ0v) is 11.7. The van der Waals surface area contributed by atoms with Gasteiger partial charge in [0.15, 0.2) is 0 Å². The molecule has 0 radical (unpaired) electrons. The van der Waals surface area contributed by atoms with E-state index in [9.17, 15) is 0 Å². The van der Waals surface area contributed by atoms with Gasteiger partial charge in [-0.2, -0.15) is 0 Å². The van der Waals surface area contributed by atoms with Crippen LogP contribution in [0.4, 0.5) is 0 Å². The van der Waals surface area contributed by atoms with Crippen molar-refractivity contribution in [3.63, 3.8) is 0 Å². The van der Waals surface area contributed by atoms with Crippen molar-refractivity contribution in [1.29, 1.82) is 0 Å². The Balaban J connectivity index is 2.29. The van der Waals surface area contributed by atoms with Gasteiger partial charge in [0.25, 0.3) is 0 Å². The number of fused-ring (bicyclic) bond motifs is 1. The van der Waals surface area contributed by atoms with E-state index in [1.165, 1.54) is 22.9 Å². The van der Waals surface area contributed by atoms with Gasteiger partial charge in [-0.1, -0.05) is 32.0 Å². The van der Waals surface area contributed by atoms with Gasteiger partial charge in [-0.25, -0.2) is 0 Å². The predicted octanol–water partition coefficient (Wildman–Crippen LogP) is 3.45. The molecule has 0 fully saturated rings. The molecule has 1 N–H and O–H groups in total. The second-order valence-electron chi connectivity index (χ2n) is 5.42. The lowest BCUT2D eigenvalue weighted by Crippen LogP contribution is -2.09. The fourth-order valence-electron chi connectivity index (χ4n) is 2.54. The summed E-state index contributed by atoms with van der Waals surface area (Å²) in [7, 11) is 2.02. The molecule has 2 rings (SSSR count). The molecule has 0 atom stereocenters. The zero-order chi connectivity index (χ0) is 13.0. The van der Waals surface area contributed by atoms with Crippen LogP contribution in [0.3, 0.4) is 0 Å². The minimum atomic E-state index is 0.686. The molecule has 0 spiro atoms. The number of nitrogens with zero attached hydrogens (tertiary/aromatic N) is 1. The molecule has 18 heavy (non-hydrogen) atoms. The standard InChI is InChI=1S/C16H24N2/c1-13(2)12-18-11-9-15-7-4-6-14(16(15)18)8-5-10-17-3/h4,6-7,9,11,13,17H,5,8,10,12H2,1-3H3. The first kappa shape index (κ1) is 13.2. The van der Waals surface area contributed by atoms with Crippen LogP contribution in [0, 0.1) is 5.92 Å². The third-order valence-electron chi connectivity index (χ3n) is 3.31. The van der Waals surface area contributed by atoms with E-state index in [-0.39, 0.29) is 0 Å². The second-order valence-corrected chi connectivity index (χ2v) is 5.42. The Kier molecular flexibility index (Phi) is 4.43. The first-order valence-corrected chi connectivity index (χ1v) is 6.93. The van der Waals surface area contributed by atoms with Crippen LogP contribution in [-0.2, 0) is 13.0 Å². The summed E-state index contributed by atoms with van der Waals surface area (Å²) >= 11 is 0. The summed E-state index contributed by atoms with van der Waals surface area (Å²) in [6, 6.07) is 8.90. The molecule has 2 nitrogen and oxygen atoms in total. The Bertz CT molecular complexity index is 497. The number of aryl methyl sites for hydroxylation is 1. The van der Waals surface area contributed by atoms with E-state index in [0.717, 1.165) is 19.5 Å². The number of rotatable bonds is 6. The molecular weight excluding hydrogens is 220 g/mol. The molecule has 0 saturated heterocycles. The highest BCUT2D eigenvalue weighted by molar-refractivity contribution is 5.83. The number of nitrogens with one attached hydrogen (secondary N) is 1. The van der Waals surface area contributed by atoms with Crippen LogP contribution < -0.4 is 5.32 Å². The van der Waals surface area contributed by atoms with Crippen LogP contribution in [0.2, 0.25) is 0 Å². The van der Waals surface area contributed by atoms with Crippen molar-refractivity contribution in [1.82, 2.24) is 9.88 Å². The second kappa shape index (κ2) is 6.05. The maximum Gasteiger partial charge on any atom is 0.0512 e. The summed E-state index contributed by atoms with van der Waals surface area (Å²) in [5.41, 5.74) is 2.91. The van der Waals surface area contributed by atoms with Crippen molar-refractivity contribution in [3.05, 3.63) is 36.0 Å². The molecule has 2 aromatic rings. The molecule has 98 valence electrons. The molecule has 0 aliphatic heterocycles. The van der Waals surface area contributed by atoms with E-state index in [2.05, 4.69) is 54.2 Å². The summed E-state index contributed by atoms with van der Waals surface area (Å²) < 4.78 is 2.41. The third-order valence-corrected chi connectivity index (χ3v) is 3.31. The molecule has 1 aromatic carbocycles. The third kappa shape index (κ3) is 2.94. The fraction of sp³-hybridized carbons (Fsp3) is 0.500. The molecule has 1 aromatic heterocycles. The number of hydrogen-bond acceptors (Lipinski definition) is 1. The zero-order valence-electron chi connectivity index (χ0n) is 11.7. The Hall–Kier alpha value is -1.28. The highest BCUT2D eigenvalue weighted by Gasteiger charge is 2.07. The van der Waals surface area contributed by atoms with Crippen molar-refractivity contribution in [2.75, 3.05) is 13.6 Å². The van der Waals surface area contributed by atoms with Gasteiger partial charge in [0, 0.05) is 12.7 Å². The van der Waals surface area contributed by atoms with Gasteiger partial charge in [0.2, 0.25) is 0 Å². The predicted molar refractivity (Wildman–Crippen MR) is 79.0 cm³/mol. The lowest BCUT2D eigenvalue weighted by Gasteiger charge is -2.12.